The molecule has 166 valence electrons. The van der Waals surface area contributed by atoms with Gasteiger partial charge in [-0.2, -0.15) is 0 Å². The van der Waals surface area contributed by atoms with Crippen molar-refractivity contribution >= 4 is 17.4 Å². The van der Waals surface area contributed by atoms with Gasteiger partial charge in [0.05, 0.1) is 12.8 Å². The van der Waals surface area contributed by atoms with Crippen LogP contribution in [0.15, 0.2) is 48.8 Å². The van der Waals surface area contributed by atoms with E-state index in [1.165, 1.54) is 19.2 Å². The van der Waals surface area contributed by atoms with Gasteiger partial charge in [-0.05, 0) is 38.0 Å². The Hall–Kier alpha value is -3.55. The third-order valence-electron chi connectivity index (χ3n) is 5.73. The molecule has 0 saturated carbocycles. The number of ether oxygens (including phenoxy) is 1. The number of aromatic nitrogens is 3. The lowest BCUT2D eigenvalue weighted by molar-refractivity contribution is -0.132. The molecule has 3 aromatic rings. The van der Waals surface area contributed by atoms with Crippen molar-refractivity contribution < 1.29 is 13.9 Å². The number of hydrogen-bond donors (Lipinski definition) is 1. The fourth-order valence-corrected chi connectivity index (χ4v) is 4.03. The summed E-state index contributed by atoms with van der Waals surface area (Å²) in [6.45, 7) is 4.23. The van der Waals surface area contributed by atoms with E-state index in [4.69, 9.17) is 14.7 Å². The number of hydrogen-bond acceptors (Lipinski definition) is 6. The number of piperidine rings is 1. The van der Waals surface area contributed by atoms with Crippen molar-refractivity contribution in [2.24, 2.45) is 0 Å². The zero-order valence-corrected chi connectivity index (χ0v) is 18.4. The molecule has 4 rings (SSSR count). The fraction of sp³-hybridized carbons (Fsp3) is 0.333. The quantitative estimate of drug-likeness (QED) is 0.634. The maximum atomic E-state index is 14.0. The number of amides is 1. The van der Waals surface area contributed by atoms with Crippen molar-refractivity contribution in [1.29, 1.82) is 0 Å². The predicted octanol–water partition coefficient (Wildman–Crippen LogP) is 4.54. The Balaban J connectivity index is 1.72. The summed E-state index contributed by atoms with van der Waals surface area (Å²) in [7, 11) is 1.49. The molecule has 32 heavy (non-hydrogen) atoms. The van der Waals surface area contributed by atoms with E-state index in [2.05, 4.69) is 17.2 Å². The standard InChI is InChI=1S/C24H26FN5O2/c1-15-6-7-18(14-30(15)16(2)31)24-28-22(17-5-4-8-26-13-17)12-23(29-24)27-20-9-19(25)10-21(11-20)32-3/h4-5,8-13,15,18H,6-7,14H2,1-3H3,(H,27,28,29)/t15-,18+/m0/s1. The van der Waals surface area contributed by atoms with Crippen LogP contribution in [0.3, 0.4) is 0 Å². The minimum atomic E-state index is -0.410. The largest absolute Gasteiger partial charge is 0.497 e. The van der Waals surface area contributed by atoms with Crippen LogP contribution in [0.1, 0.15) is 38.4 Å². The minimum Gasteiger partial charge on any atom is -0.497 e. The van der Waals surface area contributed by atoms with E-state index in [0.717, 1.165) is 18.4 Å². The van der Waals surface area contributed by atoms with E-state index in [1.54, 1.807) is 25.4 Å². The molecule has 1 amide bonds. The molecule has 0 aliphatic carbocycles. The molecule has 3 heterocycles. The third-order valence-corrected chi connectivity index (χ3v) is 5.73. The van der Waals surface area contributed by atoms with Gasteiger partial charge in [-0.1, -0.05) is 0 Å². The van der Waals surface area contributed by atoms with Crippen molar-refractivity contribution in [3.05, 3.63) is 60.4 Å². The van der Waals surface area contributed by atoms with Gasteiger partial charge in [0, 0.05) is 67.3 Å². The van der Waals surface area contributed by atoms with E-state index in [9.17, 15) is 9.18 Å². The zero-order chi connectivity index (χ0) is 22.7. The fourth-order valence-electron chi connectivity index (χ4n) is 4.03. The molecule has 1 aliphatic rings. The lowest BCUT2D eigenvalue weighted by atomic mass is 9.92. The molecule has 2 atom stereocenters. The molecule has 1 saturated heterocycles. The molecule has 1 aromatic carbocycles. The molecule has 1 fully saturated rings. The molecule has 8 heteroatoms. The van der Waals surface area contributed by atoms with Gasteiger partial charge in [-0.15, -0.1) is 0 Å². The summed E-state index contributed by atoms with van der Waals surface area (Å²) in [5.41, 5.74) is 2.08. The molecule has 7 nitrogen and oxygen atoms in total. The Morgan fingerprint density at radius 1 is 1.22 bits per heavy atom. The maximum absolute atomic E-state index is 14.0. The normalized spacial score (nSPS) is 18.3. The summed E-state index contributed by atoms with van der Waals surface area (Å²) in [6.07, 6.45) is 5.21. The van der Waals surface area contributed by atoms with Crippen LogP contribution in [-0.4, -0.2) is 45.5 Å². The highest BCUT2D eigenvalue weighted by atomic mass is 19.1. The lowest BCUT2D eigenvalue weighted by Crippen LogP contribution is -2.44. The number of nitrogens with one attached hydrogen (secondary N) is 1. The molecular formula is C24H26FN5O2. The van der Waals surface area contributed by atoms with Gasteiger partial charge in [0.25, 0.3) is 0 Å². The second-order valence-corrected chi connectivity index (χ2v) is 8.04. The van der Waals surface area contributed by atoms with E-state index < -0.39 is 5.82 Å². The summed E-state index contributed by atoms with van der Waals surface area (Å²) in [5.74, 6) is 1.25. The van der Waals surface area contributed by atoms with Crippen LogP contribution < -0.4 is 10.1 Å². The number of rotatable bonds is 5. The van der Waals surface area contributed by atoms with Crippen molar-refractivity contribution in [2.45, 2.75) is 38.6 Å². The van der Waals surface area contributed by atoms with Crippen LogP contribution >= 0.6 is 0 Å². The number of carbonyl (C=O) groups is 1. The first-order valence-electron chi connectivity index (χ1n) is 10.6. The van der Waals surface area contributed by atoms with Crippen LogP contribution in [0, 0.1) is 5.82 Å². The average molecular weight is 436 g/mol. The van der Waals surface area contributed by atoms with Crippen LogP contribution in [0.4, 0.5) is 15.9 Å². The summed E-state index contributed by atoms with van der Waals surface area (Å²) >= 11 is 0. The highest BCUT2D eigenvalue weighted by Crippen LogP contribution is 2.31. The Morgan fingerprint density at radius 3 is 2.78 bits per heavy atom. The Kier molecular flexibility index (Phi) is 6.30. The van der Waals surface area contributed by atoms with Crippen LogP contribution in [0.25, 0.3) is 11.3 Å². The number of anilines is 2. The molecule has 0 radical (unpaired) electrons. The SMILES string of the molecule is COc1cc(F)cc(Nc2cc(-c3cccnc3)nc([C@@H]3CC[C@H](C)N(C(C)=O)C3)n2)c1. The number of methoxy groups -OCH3 is 1. The van der Waals surface area contributed by atoms with E-state index in [-0.39, 0.29) is 17.9 Å². The Bertz CT molecular complexity index is 1110. The van der Waals surface area contributed by atoms with Crippen molar-refractivity contribution in [3.63, 3.8) is 0 Å². The highest BCUT2D eigenvalue weighted by Gasteiger charge is 2.30. The van der Waals surface area contributed by atoms with Crippen LogP contribution in [-0.2, 0) is 4.79 Å². The van der Waals surface area contributed by atoms with Gasteiger partial charge in [0.15, 0.2) is 0 Å². The van der Waals surface area contributed by atoms with Crippen LogP contribution in [0.2, 0.25) is 0 Å². The third kappa shape index (κ3) is 4.85. The summed E-state index contributed by atoms with van der Waals surface area (Å²) in [4.78, 5) is 27.7. The van der Waals surface area contributed by atoms with Crippen molar-refractivity contribution in [3.8, 4) is 17.0 Å². The second-order valence-electron chi connectivity index (χ2n) is 8.04. The predicted molar refractivity (Wildman–Crippen MR) is 120 cm³/mol. The summed E-state index contributed by atoms with van der Waals surface area (Å²) in [5, 5.41) is 3.18. The summed E-state index contributed by atoms with van der Waals surface area (Å²) in [6, 6.07) is 10.2. The highest BCUT2D eigenvalue weighted by molar-refractivity contribution is 5.74. The molecule has 2 aromatic heterocycles. The number of pyridine rings is 1. The van der Waals surface area contributed by atoms with Gasteiger partial charge in [-0.25, -0.2) is 14.4 Å². The van der Waals surface area contributed by atoms with E-state index >= 15 is 0 Å². The Morgan fingerprint density at radius 2 is 2.06 bits per heavy atom. The monoisotopic (exact) mass is 435 g/mol. The van der Waals surface area contributed by atoms with Gasteiger partial charge >= 0.3 is 0 Å². The molecule has 0 bridgehead atoms. The van der Waals surface area contributed by atoms with E-state index in [0.29, 0.717) is 35.3 Å². The molecule has 0 spiro atoms. The average Bonchev–Trinajstić information content (AvgIpc) is 2.79. The van der Waals surface area contributed by atoms with E-state index in [1.807, 2.05) is 23.1 Å². The Labute approximate surface area is 186 Å². The first kappa shape index (κ1) is 21.7. The van der Waals surface area contributed by atoms with Crippen molar-refractivity contribution in [1.82, 2.24) is 19.9 Å². The molecule has 1 N–H and O–H groups in total. The number of carbonyl (C=O) groups excluding carboxylic acids is 1. The minimum absolute atomic E-state index is 0.00863. The number of benzene rings is 1. The van der Waals surface area contributed by atoms with Gasteiger partial charge in [-0.3, -0.25) is 9.78 Å². The second kappa shape index (κ2) is 9.30. The number of likely N-dealkylation sites (tertiary alicyclic amines) is 1. The molecule has 1 aliphatic heterocycles. The maximum Gasteiger partial charge on any atom is 0.219 e. The van der Waals surface area contributed by atoms with Crippen molar-refractivity contribution in [2.75, 3.05) is 19.0 Å². The topological polar surface area (TPSA) is 80.2 Å². The first-order chi connectivity index (χ1) is 15.4. The lowest BCUT2D eigenvalue weighted by Gasteiger charge is -2.37. The number of halogens is 1. The summed E-state index contributed by atoms with van der Waals surface area (Å²) < 4.78 is 19.2. The smallest absolute Gasteiger partial charge is 0.219 e. The van der Waals surface area contributed by atoms with Gasteiger partial charge in [0.2, 0.25) is 5.91 Å². The molecule has 0 unspecified atom stereocenters. The van der Waals surface area contributed by atoms with Crippen LogP contribution in [0.5, 0.6) is 5.75 Å². The van der Waals surface area contributed by atoms with Gasteiger partial charge in [0.1, 0.15) is 23.2 Å². The molecular weight excluding hydrogens is 409 g/mol. The van der Waals surface area contributed by atoms with Gasteiger partial charge < -0.3 is 15.0 Å². The zero-order valence-electron chi connectivity index (χ0n) is 18.4. The first-order valence-corrected chi connectivity index (χ1v) is 10.6. The number of nitrogens with zero attached hydrogens (tertiary/aromatic N) is 4.